The van der Waals surface area contributed by atoms with Crippen LogP contribution < -0.4 is 0 Å². The first-order chi connectivity index (χ1) is 14.9. The van der Waals surface area contributed by atoms with Gasteiger partial charge in [-0.25, -0.2) is 9.59 Å². The van der Waals surface area contributed by atoms with Gasteiger partial charge in [0.2, 0.25) is 0 Å². The molecular formula is C24H22O7. The van der Waals surface area contributed by atoms with Gasteiger partial charge in [0, 0.05) is 24.0 Å². The highest BCUT2D eigenvalue weighted by atomic mass is 16.7. The van der Waals surface area contributed by atoms with E-state index in [2.05, 4.69) is 0 Å². The number of ether oxygens (including phenoxy) is 2. The number of aliphatic carboxylic acids is 2. The fourth-order valence-corrected chi connectivity index (χ4v) is 3.38. The van der Waals surface area contributed by atoms with E-state index in [-0.39, 0.29) is 24.2 Å². The minimum absolute atomic E-state index is 0.00279. The third-order valence-corrected chi connectivity index (χ3v) is 4.76. The highest BCUT2D eigenvalue weighted by Gasteiger charge is 2.45. The van der Waals surface area contributed by atoms with Crippen molar-refractivity contribution >= 4 is 29.9 Å². The monoisotopic (exact) mass is 422 g/mol. The van der Waals surface area contributed by atoms with Crippen LogP contribution >= 0.6 is 0 Å². The van der Waals surface area contributed by atoms with Crippen molar-refractivity contribution in [3.8, 4) is 0 Å². The first-order valence-corrected chi connectivity index (χ1v) is 9.69. The molecule has 1 fully saturated rings. The third kappa shape index (κ3) is 5.75. The van der Waals surface area contributed by atoms with Gasteiger partial charge in [-0.05, 0) is 23.3 Å². The van der Waals surface area contributed by atoms with Crippen LogP contribution in [0.1, 0.15) is 24.0 Å². The highest BCUT2D eigenvalue weighted by Crippen LogP contribution is 2.41. The van der Waals surface area contributed by atoms with Crippen molar-refractivity contribution in [2.75, 3.05) is 13.2 Å². The third-order valence-electron chi connectivity index (χ3n) is 4.76. The quantitative estimate of drug-likeness (QED) is 0.495. The van der Waals surface area contributed by atoms with Gasteiger partial charge in [-0.15, -0.1) is 0 Å². The SMILES string of the molecule is O=C(O)COC1(OCC(=O)O)CCC(=O)C(=Cc2ccccc2)C1=Cc1ccccc1. The second-order valence-corrected chi connectivity index (χ2v) is 6.98. The second-order valence-electron chi connectivity index (χ2n) is 6.98. The summed E-state index contributed by atoms with van der Waals surface area (Å²) < 4.78 is 11.3. The van der Waals surface area contributed by atoms with Gasteiger partial charge in [0.05, 0.1) is 0 Å². The first kappa shape index (κ1) is 22.1. The molecule has 0 radical (unpaired) electrons. The van der Waals surface area contributed by atoms with Crippen LogP contribution in [0.25, 0.3) is 12.2 Å². The summed E-state index contributed by atoms with van der Waals surface area (Å²) in [6.07, 6.45) is 3.37. The maximum absolute atomic E-state index is 12.9. The van der Waals surface area contributed by atoms with Crippen molar-refractivity contribution in [3.63, 3.8) is 0 Å². The summed E-state index contributed by atoms with van der Waals surface area (Å²) in [4.78, 5) is 35.4. The molecule has 0 atom stereocenters. The molecule has 0 amide bonds. The van der Waals surface area contributed by atoms with Crippen LogP contribution in [0.3, 0.4) is 0 Å². The van der Waals surface area contributed by atoms with E-state index in [9.17, 15) is 14.4 Å². The van der Waals surface area contributed by atoms with Crippen LogP contribution in [0.5, 0.6) is 0 Å². The Bertz CT molecular complexity index is 989. The number of Topliss-reactive ketones (excluding diaryl/α,β-unsaturated/α-hetero) is 1. The summed E-state index contributed by atoms with van der Waals surface area (Å²) in [5, 5.41) is 18.3. The molecule has 31 heavy (non-hydrogen) atoms. The lowest BCUT2D eigenvalue weighted by atomic mass is 9.81. The number of carbonyl (C=O) groups is 3. The maximum atomic E-state index is 12.9. The number of ketones is 1. The Morgan fingerprint density at radius 1 is 0.839 bits per heavy atom. The van der Waals surface area contributed by atoms with Gasteiger partial charge < -0.3 is 19.7 Å². The van der Waals surface area contributed by atoms with E-state index in [0.717, 1.165) is 11.1 Å². The molecule has 2 N–H and O–H groups in total. The number of carboxylic acid groups (broad SMARTS) is 2. The summed E-state index contributed by atoms with van der Waals surface area (Å²) in [5.74, 6) is -4.33. The van der Waals surface area contributed by atoms with E-state index < -0.39 is 30.9 Å². The van der Waals surface area contributed by atoms with Gasteiger partial charge in [0.15, 0.2) is 11.6 Å². The van der Waals surface area contributed by atoms with Crippen molar-refractivity contribution in [1.82, 2.24) is 0 Å². The van der Waals surface area contributed by atoms with Crippen LogP contribution in [0.15, 0.2) is 71.8 Å². The number of carboxylic acids is 2. The summed E-state index contributed by atoms with van der Waals surface area (Å²) >= 11 is 0. The summed E-state index contributed by atoms with van der Waals surface area (Å²) in [5.41, 5.74) is 2.07. The highest BCUT2D eigenvalue weighted by molar-refractivity contribution is 6.06. The molecule has 160 valence electrons. The molecule has 7 heteroatoms. The molecule has 2 aromatic carbocycles. The molecule has 0 heterocycles. The number of benzene rings is 2. The fourth-order valence-electron chi connectivity index (χ4n) is 3.38. The van der Waals surface area contributed by atoms with Crippen LogP contribution in [-0.2, 0) is 23.9 Å². The number of hydrogen-bond donors (Lipinski definition) is 2. The predicted molar refractivity (Wildman–Crippen MR) is 113 cm³/mol. The molecule has 1 saturated carbocycles. The summed E-state index contributed by atoms with van der Waals surface area (Å²) in [7, 11) is 0. The van der Waals surface area contributed by atoms with Crippen LogP contribution in [0.4, 0.5) is 0 Å². The zero-order valence-corrected chi connectivity index (χ0v) is 16.7. The lowest BCUT2D eigenvalue weighted by Gasteiger charge is -2.39. The van der Waals surface area contributed by atoms with Gasteiger partial charge in [-0.3, -0.25) is 4.79 Å². The van der Waals surface area contributed by atoms with Crippen molar-refractivity contribution in [2.45, 2.75) is 18.6 Å². The van der Waals surface area contributed by atoms with Gasteiger partial charge in [0.1, 0.15) is 13.2 Å². The van der Waals surface area contributed by atoms with E-state index in [4.69, 9.17) is 19.7 Å². The predicted octanol–water partition coefficient (Wildman–Crippen LogP) is 3.42. The largest absolute Gasteiger partial charge is 0.480 e. The molecular weight excluding hydrogens is 400 g/mol. The second kappa shape index (κ2) is 9.97. The van der Waals surface area contributed by atoms with Gasteiger partial charge in [-0.1, -0.05) is 60.7 Å². The molecule has 0 spiro atoms. The van der Waals surface area contributed by atoms with Gasteiger partial charge in [-0.2, -0.15) is 0 Å². The molecule has 0 saturated heterocycles. The first-order valence-electron chi connectivity index (χ1n) is 9.69. The minimum atomic E-state index is -1.69. The average molecular weight is 422 g/mol. The number of rotatable bonds is 8. The molecule has 1 aliphatic rings. The summed E-state index contributed by atoms with van der Waals surface area (Å²) in [6.45, 7) is -1.42. The smallest absolute Gasteiger partial charge is 0.329 e. The molecule has 7 nitrogen and oxygen atoms in total. The van der Waals surface area contributed by atoms with E-state index in [1.807, 2.05) is 60.7 Å². The van der Waals surface area contributed by atoms with Gasteiger partial charge in [0.25, 0.3) is 0 Å². The molecule has 1 aliphatic carbocycles. The van der Waals surface area contributed by atoms with E-state index in [1.165, 1.54) is 0 Å². The Morgan fingerprint density at radius 3 is 1.81 bits per heavy atom. The minimum Gasteiger partial charge on any atom is -0.480 e. The van der Waals surface area contributed by atoms with E-state index in [1.54, 1.807) is 12.2 Å². The lowest BCUT2D eigenvalue weighted by Crippen LogP contribution is -2.45. The van der Waals surface area contributed by atoms with Crippen molar-refractivity contribution < 1.29 is 34.1 Å². The average Bonchev–Trinajstić information content (AvgIpc) is 2.76. The van der Waals surface area contributed by atoms with Crippen LogP contribution in [-0.4, -0.2) is 46.9 Å². The fraction of sp³-hybridized carbons (Fsp3) is 0.208. The summed E-state index contributed by atoms with van der Waals surface area (Å²) in [6, 6.07) is 18.2. The standard InChI is InChI=1S/C24H22O7/c25-21-11-12-24(30-15-22(26)27,31-16-23(28)29)20(14-18-9-5-2-6-10-18)19(21)13-17-7-3-1-4-8-17/h1-10,13-14H,11-12,15-16H2,(H,26,27)(H,28,29). The zero-order valence-electron chi connectivity index (χ0n) is 16.7. The normalized spacial score (nSPS) is 18.3. The maximum Gasteiger partial charge on any atom is 0.329 e. The molecule has 0 aromatic heterocycles. The zero-order chi connectivity index (χ0) is 22.3. The molecule has 2 aromatic rings. The Kier molecular flexibility index (Phi) is 7.12. The lowest BCUT2D eigenvalue weighted by molar-refractivity contribution is -0.223. The molecule has 0 bridgehead atoms. The number of carbonyl (C=O) groups excluding carboxylic acids is 1. The van der Waals surface area contributed by atoms with Crippen LogP contribution in [0, 0.1) is 0 Å². The molecule has 3 rings (SSSR count). The Hall–Kier alpha value is -3.55. The van der Waals surface area contributed by atoms with Crippen molar-refractivity contribution in [1.29, 1.82) is 0 Å². The molecule has 0 aliphatic heterocycles. The van der Waals surface area contributed by atoms with Crippen LogP contribution in [0.2, 0.25) is 0 Å². The Morgan fingerprint density at radius 2 is 1.32 bits per heavy atom. The Balaban J connectivity index is 2.17. The molecule has 0 unspecified atom stereocenters. The topological polar surface area (TPSA) is 110 Å². The van der Waals surface area contributed by atoms with Gasteiger partial charge >= 0.3 is 11.9 Å². The Labute approximate surface area is 179 Å². The van der Waals surface area contributed by atoms with Crippen molar-refractivity contribution in [2.24, 2.45) is 0 Å². The van der Waals surface area contributed by atoms with E-state index in [0.29, 0.717) is 5.57 Å². The van der Waals surface area contributed by atoms with E-state index >= 15 is 0 Å². The number of hydrogen-bond acceptors (Lipinski definition) is 5. The van der Waals surface area contributed by atoms with Crippen molar-refractivity contribution in [3.05, 3.63) is 82.9 Å².